The summed E-state index contributed by atoms with van der Waals surface area (Å²) in [6.45, 7) is 10.1. The average Bonchev–Trinajstić information content (AvgIpc) is 2.35. The van der Waals surface area contributed by atoms with Gasteiger partial charge in [0, 0.05) is 12.6 Å². The Bertz CT molecular complexity index is 392. The molecule has 1 heterocycles. The van der Waals surface area contributed by atoms with Gasteiger partial charge in [0.1, 0.15) is 0 Å². The van der Waals surface area contributed by atoms with E-state index in [0.717, 1.165) is 12.5 Å². The van der Waals surface area contributed by atoms with Crippen LogP contribution in [0, 0.1) is 19.8 Å². The second-order valence-corrected chi connectivity index (χ2v) is 5.93. The van der Waals surface area contributed by atoms with Gasteiger partial charge in [0.15, 0.2) is 0 Å². The summed E-state index contributed by atoms with van der Waals surface area (Å²) >= 11 is 0. The van der Waals surface area contributed by atoms with Crippen LogP contribution < -0.4 is 5.73 Å². The lowest BCUT2D eigenvalue weighted by Gasteiger charge is -2.32. The molecule has 1 atom stereocenters. The smallest absolute Gasteiger partial charge is 0.0424 e. The van der Waals surface area contributed by atoms with Crippen LogP contribution in [0.15, 0.2) is 18.2 Å². The number of likely N-dealkylation sites (tertiary alicyclic amines) is 1. The van der Waals surface area contributed by atoms with Crippen molar-refractivity contribution in [2.45, 2.75) is 39.7 Å². The predicted molar refractivity (Wildman–Crippen MR) is 77.7 cm³/mol. The molecule has 2 rings (SSSR count). The van der Waals surface area contributed by atoms with E-state index in [1.165, 1.54) is 42.6 Å². The van der Waals surface area contributed by atoms with Gasteiger partial charge in [0.2, 0.25) is 0 Å². The van der Waals surface area contributed by atoms with Crippen molar-refractivity contribution in [2.75, 3.05) is 19.6 Å². The topological polar surface area (TPSA) is 29.3 Å². The maximum Gasteiger partial charge on any atom is 0.0424 e. The highest BCUT2D eigenvalue weighted by molar-refractivity contribution is 5.31. The molecule has 0 aromatic heterocycles. The lowest BCUT2D eigenvalue weighted by atomic mass is 9.97. The molecule has 0 radical (unpaired) electrons. The first kappa shape index (κ1) is 13.6. The molecule has 1 aliphatic rings. The van der Waals surface area contributed by atoms with E-state index < -0.39 is 0 Å². The molecule has 0 aliphatic carbocycles. The summed E-state index contributed by atoms with van der Waals surface area (Å²) in [4.78, 5) is 2.51. The first-order valence-electron chi connectivity index (χ1n) is 7.11. The second kappa shape index (κ2) is 5.85. The van der Waals surface area contributed by atoms with E-state index >= 15 is 0 Å². The standard InChI is InChI=1S/C16H26N2/c1-12-6-8-18(9-7-12)11-16(17)15-5-4-13(2)14(3)10-15/h4-5,10,12,16H,6-9,11,17H2,1-3H3. The first-order valence-corrected chi connectivity index (χ1v) is 7.11. The number of rotatable bonds is 3. The van der Waals surface area contributed by atoms with Gasteiger partial charge in [-0.25, -0.2) is 0 Å². The molecule has 0 spiro atoms. The summed E-state index contributed by atoms with van der Waals surface area (Å²) in [7, 11) is 0. The molecular formula is C16H26N2. The summed E-state index contributed by atoms with van der Waals surface area (Å²) < 4.78 is 0. The van der Waals surface area contributed by atoms with Crippen molar-refractivity contribution in [3.63, 3.8) is 0 Å². The lowest BCUT2D eigenvalue weighted by Crippen LogP contribution is -2.38. The molecule has 1 aromatic carbocycles. The Morgan fingerprint density at radius 2 is 1.89 bits per heavy atom. The Kier molecular flexibility index (Phi) is 4.41. The molecule has 1 unspecified atom stereocenters. The largest absolute Gasteiger partial charge is 0.323 e. The summed E-state index contributed by atoms with van der Waals surface area (Å²) in [6.07, 6.45) is 2.64. The Balaban J connectivity index is 1.94. The van der Waals surface area contributed by atoms with Gasteiger partial charge >= 0.3 is 0 Å². The van der Waals surface area contributed by atoms with Gasteiger partial charge in [-0.05, 0) is 62.4 Å². The molecule has 2 nitrogen and oxygen atoms in total. The average molecular weight is 246 g/mol. The van der Waals surface area contributed by atoms with Gasteiger partial charge in [-0.1, -0.05) is 25.1 Å². The van der Waals surface area contributed by atoms with Gasteiger partial charge < -0.3 is 10.6 Å². The van der Waals surface area contributed by atoms with Crippen LogP contribution in [0.5, 0.6) is 0 Å². The van der Waals surface area contributed by atoms with Crippen LogP contribution in [-0.4, -0.2) is 24.5 Å². The van der Waals surface area contributed by atoms with Gasteiger partial charge in [-0.3, -0.25) is 0 Å². The summed E-state index contributed by atoms with van der Waals surface area (Å²) in [5, 5.41) is 0. The monoisotopic (exact) mass is 246 g/mol. The molecule has 0 bridgehead atoms. The molecule has 1 fully saturated rings. The third-order valence-corrected chi connectivity index (χ3v) is 4.29. The number of nitrogens with two attached hydrogens (primary N) is 1. The molecule has 2 N–H and O–H groups in total. The zero-order valence-corrected chi connectivity index (χ0v) is 11.9. The van der Waals surface area contributed by atoms with Crippen LogP contribution in [0.2, 0.25) is 0 Å². The van der Waals surface area contributed by atoms with Crippen LogP contribution >= 0.6 is 0 Å². The number of nitrogens with zero attached hydrogens (tertiary/aromatic N) is 1. The second-order valence-electron chi connectivity index (χ2n) is 5.93. The Morgan fingerprint density at radius 3 is 2.50 bits per heavy atom. The van der Waals surface area contributed by atoms with E-state index in [2.05, 4.69) is 43.9 Å². The van der Waals surface area contributed by atoms with Crippen molar-refractivity contribution in [3.8, 4) is 0 Å². The minimum absolute atomic E-state index is 0.151. The third kappa shape index (κ3) is 3.33. The number of piperidine rings is 1. The Labute approximate surface area is 111 Å². The summed E-state index contributed by atoms with van der Waals surface area (Å²) in [6, 6.07) is 6.76. The van der Waals surface area contributed by atoms with E-state index in [1.807, 2.05) is 0 Å². The quantitative estimate of drug-likeness (QED) is 0.888. The first-order chi connectivity index (χ1) is 8.56. The van der Waals surface area contributed by atoms with E-state index in [9.17, 15) is 0 Å². The van der Waals surface area contributed by atoms with Crippen molar-refractivity contribution in [2.24, 2.45) is 11.7 Å². The maximum absolute atomic E-state index is 6.34. The molecule has 2 heteroatoms. The number of hydrogen-bond donors (Lipinski definition) is 1. The highest BCUT2D eigenvalue weighted by atomic mass is 15.1. The maximum atomic E-state index is 6.34. The van der Waals surface area contributed by atoms with Gasteiger partial charge in [-0.15, -0.1) is 0 Å². The highest BCUT2D eigenvalue weighted by Gasteiger charge is 2.18. The molecule has 0 saturated carbocycles. The third-order valence-electron chi connectivity index (χ3n) is 4.29. The fourth-order valence-corrected chi connectivity index (χ4v) is 2.62. The van der Waals surface area contributed by atoms with Crippen LogP contribution in [0.1, 0.15) is 42.5 Å². The molecule has 1 aliphatic heterocycles. The van der Waals surface area contributed by atoms with E-state index in [0.29, 0.717) is 0 Å². The minimum Gasteiger partial charge on any atom is -0.323 e. The van der Waals surface area contributed by atoms with Crippen molar-refractivity contribution >= 4 is 0 Å². The molecule has 0 amide bonds. The van der Waals surface area contributed by atoms with E-state index in [4.69, 9.17) is 5.73 Å². The molecule has 18 heavy (non-hydrogen) atoms. The fourth-order valence-electron chi connectivity index (χ4n) is 2.62. The molecule has 100 valence electrons. The molecule has 1 saturated heterocycles. The van der Waals surface area contributed by atoms with Gasteiger partial charge in [0.25, 0.3) is 0 Å². The fraction of sp³-hybridized carbons (Fsp3) is 0.625. The normalized spacial score (nSPS) is 20.0. The highest BCUT2D eigenvalue weighted by Crippen LogP contribution is 2.20. The van der Waals surface area contributed by atoms with Crippen molar-refractivity contribution in [1.29, 1.82) is 0 Å². The Hall–Kier alpha value is -0.860. The van der Waals surface area contributed by atoms with Crippen LogP contribution in [-0.2, 0) is 0 Å². The van der Waals surface area contributed by atoms with E-state index in [1.54, 1.807) is 0 Å². The molecule has 1 aromatic rings. The van der Waals surface area contributed by atoms with Crippen LogP contribution in [0.25, 0.3) is 0 Å². The lowest BCUT2D eigenvalue weighted by molar-refractivity contribution is 0.183. The summed E-state index contributed by atoms with van der Waals surface area (Å²) in [5.74, 6) is 0.888. The van der Waals surface area contributed by atoms with Gasteiger partial charge in [0.05, 0.1) is 0 Å². The summed E-state index contributed by atoms with van der Waals surface area (Å²) in [5.41, 5.74) is 10.3. The number of aryl methyl sites for hydroxylation is 2. The van der Waals surface area contributed by atoms with Crippen molar-refractivity contribution in [1.82, 2.24) is 4.90 Å². The molecular weight excluding hydrogens is 220 g/mol. The van der Waals surface area contributed by atoms with Crippen LogP contribution in [0.3, 0.4) is 0 Å². The number of benzene rings is 1. The predicted octanol–water partition coefficient (Wildman–Crippen LogP) is 3.04. The van der Waals surface area contributed by atoms with Crippen molar-refractivity contribution < 1.29 is 0 Å². The number of hydrogen-bond acceptors (Lipinski definition) is 2. The van der Waals surface area contributed by atoms with Crippen molar-refractivity contribution in [3.05, 3.63) is 34.9 Å². The SMILES string of the molecule is Cc1ccc(C(N)CN2CCC(C)CC2)cc1C. The minimum atomic E-state index is 0.151. The Morgan fingerprint density at radius 1 is 1.22 bits per heavy atom. The van der Waals surface area contributed by atoms with Gasteiger partial charge in [-0.2, -0.15) is 0 Å². The zero-order chi connectivity index (χ0) is 13.1. The van der Waals surface area contributed by atoms with Crippen LogP contribution in [0.4, 0.5) is 0 Å². The van der Waals surface area contributed by atoms with E-state index in [-0.39, 0.29) is 6.04 Å². The zero-order valence-electron chi connectivity index (χ0n) is 11.9.